The lowest BCUT2D eigenvalue weighted by Gasteiger charge is -2.33. The highest BCUT2D eigenvalue weighted by Crippen LogP contribution is 2.65. The van der Waals surface area contributed by atoms with Gasteiger partial charge in [-0.2, -0.15) is 0 Å². The average Bonchev–Trinajstić information content (AvgIpc) is 3.32. The first kappa shape index (κ1) is 17.6. The summed E-state index contributed by atoms with van der Waals surface area (Å²) in [6.45, 7) is 2.38. The number of benzene rings is 5. The van der Waals surface area contributed by atoms with Gasteiger partial charge in [-0.1, -0.05) is 103 Å². The molecule has 0 radical (unpaired) electrons. The van der Waals surface area contributed by atoms with E-state index in [1.807, 2.05) is 0 Å². The van der Waals surface area contributed by atoms with Crippen LogP contribution < -0.4 is 0 Å². The molecule has 5 aromatic rings. The Hall–Kier alpha value is -3.90. The van der Waals surface area contributed by atoms with Gasteiger partial charge in [-0.15, -0.1) is 0 Å². The van der Waals surface area contributed by atoms with Crippen molar-refractivity contribution in [3.05, 3.63) is 137 Å². The molecule has 1 spiro atoms. The van der Waals surface area contributed by atoms with Crippen molar-refractivity contribution >= 4 is 27.1 Å². The van der Waals surface area contributed by atoms with Crippen LogP contribution in [0.1, 0.15) is 34.7 Å². The molecule has 0 fully saturated rings. The Kier molecular flexibility index (Phi) is 3.16. The molecular formula is C33H22. The van der Waals surface area contributed by atoms with E-state index in [2.05, 4.69) is 110 Å². The molecule has 0 N–H and O–H groups in total. The van der Waals surface area contributed by atoms with Crippen LogP contribution in [0.15, 0.2) is 109 Å². The lowest BCUT2D eigenvalue weighted by atomic mass is 9.68. The summed E-state index contributed by atoms with van der Waals surface area (Å²) in [5.74, 6) is 0. The third-order valence-corrected chi connectivity index (χ3v) is 8.32. The molecule has 0 nitrogen and oxygen atoms in total. The first-order chi connectivity index (χ1) is 16.3. The second kappa shape index (κ2) is 5.91. The average molecular weight is 419 g/mol. The molecule has 33 heavy (non-hydrogen) atoms. The van der Waals surface area contributed by atoms with E-state index in [-0.39, 0.29) is 5.41 Å². The third kappa shape index (κ3) is 1.87. The maximum Gasteiger partial charge on any atom is 0.0692 e. The Bertz CT molecular complexity index is 1740. The maximum atomic E-state index is 2.38. The minimum Gasteiger partial charge on any atom is -0.0795 e. The number of allylic oxidation sites excluding steroid dienone is 4. The second-order valence-electron chi connectivity index (χ2n) is 9.62. The van der Waals surface area contributed by atoms with Crippen molar-refractivity contribution in [1.82, 2.24) is 0 Å². The third-order valence-electron chi connectivity index (χ3n) is 8.32. The van der Waals surface area contributed by atoms with Gasteiger partial charge in [0.25, 0.3) is 0 Å². The monoisotopic (exact) mass is 418 g/mol. The van der Waals surface area contributed by atoms with Crippen molar-refractivity contribution in [2.75, 3.05) is 0 Å². The van der Waals surface area contributed by atoms with Gasteiger partial charge >= 0.3 is 0 Å². The van der Waals surface area contributed by atoms with Crippen molar-refractivity contribution in [3.63, 3.8) is 0 Å². The van der Waals surface area contributed by atoms with Crippen LogP contribution in [0.3, 0.4) is 0 Å². The molecule has 0 amide bonds. The van der Waals surface area contributed by atoms with E-state index in [1.54, 1.807) is 0 Å². The molecule has 0 aromatic heterocycles. The molecule has 2 bridgehead atoms. The van der Waals surface area contributed by atoms with Crippen molar-refractivity contribution in [1.29, 1.82) is 0 Å². The van der Waals surface area contributed by atoms with Crippen LogP contribution in [0.5, 0.6) is 0 Å². The molecule has 0 saturated carbocycles. The van der Waals surface area contributed by atoms with Gasteiger partial charge < -0.3 is 0 Å². The molecule has 0 heterocycles. The largest absolute Gasteiger partial charge is 0.0795 e. The topological polar surface area (TPSA) is 0 Å². The normalized spacial score (nSPS) is 20.4. The summed E-state index contributed by atoms with van der Waals surface area (Å²) >= 11 is 0. The molecule has 154 valence electrons. The van der Waals surface area contributed by atoms with E-state index in [1.165, 1.54) is 71.6 Å². The molecule has 3 aliphatic carbocycles. The molecule has 0 heteroatoms. The predicted molar refractivity (Wildman–Crippen MR) is 139 cm³/mol. The van der Waals surface area contributed by atoms with E-state index in [4.69, 9.17) is 0 Å². The van der Waals surface area contributed by atoms with Gasteiger partial charge in [0, 0.05) is 0 Å². The minimum absolute atomic E-state index is 0.245. The van der Waals surface area contributed by atoms with Gasteiger partial charge in [0.2, 0.25) is 0 Å². The van der Waals surface area contributed by atoms with E-state index < -0.39 is 0 Å². The van der Waals surface area contributed by atoms with Gasteiger partial charge in [-0.3, -0.25) is 0 Å². The highest BCUT2D eigenvalue weighted by molar-refractivity contribution is 6.20. The Morgan fingerprint density at radius 1 is 0.636 bits per heavy atom. The maximum absolute atomic E-state index is 2.38. The Balaban J connectivity index is 1.76. The summed E-state index contributed by atoms with van der Waals surface area (Å²) in [7, 11) is 0. The Labute approximate surface area is 193 Å². The summed E-state index contributed by atoms with van der Waals surface area (Å²) in [5.41, 5.74) is 12.6. The fourth-order valence-corrected chi connectivity index (χ4v) is 7.14. The van der Waals surface area contributed by atoms with Crippen LogP contribution in [0.2, 0.25) is 0 Å². The molecule has 0 saturated heterocycles. The van der Waals surface area contributed by atoms with Crippen LogP contribution >= 0.6 is 0 Å². The first-order valence-corrected chi connectivity index (χ1v) is 11.9. The van der Waals surface area contributed by atoms with Crippen molar-refractivity contribution in [2.45, 2.75) is 18.8 Å². The van der Waals surface area contributed by atoms with Crippen LogP contribution in [0.25, 0.3) is 38.2 Å². The molecular weight excluding hydrogens is 396 g/mol. The quantitative estimate of drug-likeness (QED) is 0.222. The van der Waals surface area contributed by atoms with Crippen molar-refractivity contribution < 1.29 is 0 Å². The van der Waals surface area contributed by atoms with Gasteiger partial charge in [0.1, 0.15) is 0 Å². The summed E-state index contributed by atoms with van der Waals surface area (Å²) < 4.78 is 0. The molecule has 5 aromatic carbocycles. The highest BCUT2D eigenvalue weighted by atomic mass is 14.5. The zero-order valence-corrected chi connectivity index (χ0v) is 18.5. The van der Waals surface area contributed by atoms with Crippen LogP contribution in [-0.2, 0) is 11.8 Å². The lowest BCUT2D eigenvalue weighted by Crippen LogP contribution is -2.26. The predicted octanol–water partition coefficient (Wildman–Crippen LogP) is 8.21. The molecule has 0 aliphatic heterocycles. The summed E-state index contributed by atoms with van der Waals surface area (Å²) in [6, 6.07) is 34.2. The summed E-state index contributed by atoms with van der Waals surface area (Å²) in [4.78, 5) is 0. The van der Waals surface area contributed by atoms with Crippen LogP contribution in [0.4, 0.5) is 0 Å². The van der Waals surface area contributed by atoms with E-state index in [0.29, 0.717) is 0 Å². The SMILES string of the molecule is CC1=C2/C=C\Cc3cccc4c3c3c(c5ccccc54)-c4ccccc4C13c1ccccc12. The number of hydrogen-bond donors (Lipinski definition) is 0. The van der Waals surface area contributed by atoms with Crippen molar-refractivity contribution in [2.24, 2.45) is 0 Å². The smallest absolute Gasteiger partial charge is 0.0692 e. The van der Waals surface area contributed by atoms with Crippen molar-refractivity contribution in [3.8, 4) is 11.1 Å². The number of hydrogen-bond acceptors (Lipinski definition) is 0. The van der Waals surface area contributed by atoms with Gasteiger partial charge in [-0.25, -0.2) is 0 Å². The molecule has 1 unspecified atom stereocenters. The standard InChI is InChI=1S/C33H22/c1-20-22-16-8-10-21-11-9-17-25-23-12-2-3-14-26(23)31-27-15-5-7-19-29(27)33(20,32(31)30(21)25)28-18-6-4-13-24(22)28/h2-9,11-19H,10H2,1H3/b16-8-. The van der Waals surface area contributed by atoms with E-state index in [0.717, 1.165) is 6.42 Å². The summed E-state index contributed by atoms with van der Waals surface area (Å²) in [5, 5.41) is 5.55. The first-order valence-electron chi connectivity index (χ1n) is 11.9. The molecule has 3 aliphatic rings. The number of fused-ring (bicyclic) bond motifs is 7. The van der Waals surface area contributed by atoms with Crippen LogP contribution in [0, 0.1) is 0 Å². The second-order valence-corrected chi connectivity index (χ2v) is 9.62. The zero-order chi connectivity index (χ0) is 21.7. The van der Waals surface area contributed by atoms with Gasteiger partial charge in [-0.05, 0) is 85.0 Å². The lowest BCUT2D eigenvalue weighted by molar-refractivity contribution is 0.773. The summed E-state index contributed by atoms with van der Waals surface area (Å²) in [6.07, 6.45) is 5.71. The van der Waals surface area contributed by atoms with Gasteiger partial charge in [0.15, 0.2) is 0 Å². The molecule has 1 atom stereocenters. The fraction of sp³-hybridized carbons (Fsp3) is 0.0909. The minimum atomic E-state index is -0.245. The highest BCUT2D eigenvalue weighted by Gasteiger charge is 2.52. The number of rotatable bonds is 0. The Morgan fingerprint density at radius 2 is 1.30 bits per heavy atom. The Morgan fingerprint density at radius 3 is 2.15 bits per heavy atom. The fourth-order valence-electron chi connectivity index (χ4n) is 7.14. The zero-order valence-electron chi connectivity index (χ0n) is 18.5. The molecule has 8 rings (SSSR count). The van der Waals surface area contributed by atoms with Crippen LogP contribution in [-0.4, -0.2) is 0 Å². The van der Waals surface area contributed by atoms with E-state index in [9.17, 15) is 0 Å². The van der Waals surface area contributed by atoms with E-state index >= 15 is 0 Å². The van der Waals surface area contributed by atoms with Gasteiger partial charge in [0.05, 0.1) is 5.41 Å².